The normalized spacial score (nSPS) is 16.0. The summed E-state index contributed by atoms with van der Waals surface area (Å²) in [5, 5.41) is 2.94. The van der Waals surface area contributed by atoms with E-state index in [1.54, 1.807) is 0 Å². The maximum atomic E-state index is 12.7. The van der Waals surface area contributed by atoms with Crippen LogP contribution in [0.3, 0.4) is 0 Å². The highest BCUT2D eigenvalue weighted by Gasteiger charge is 2.37. The van der Waals surface area contributed by atoms with Gasteiger partial charge in [-0.05, 0) is 18.2 Å². The van der Waals surface area contributed by atoms with Crippen LogP contribution in [0.4, 0.5) is 26.3 Å². The number of halogens is 7. The van der Waals surface area contributed by atoms with E-state index in [0.29, 0.717) is 25.2 Å². The number of alkyl halides is 6. The summed E-state index contributed by atoms with van der Waals surface area (Å²) in [5.74, 6) is -0.835. The van der Waals surface area contributed by atoms with Crippen LogP contribution in [0.2, 0.25) is 0 Å². The van der Waals surface area contributed by atoms with E-state index in [-0.39, 0.29) is 31.6 Å². The van der Waals surface area contributed by atoms with Crippen LogP contribution in [0.15, 0.2) is 18.2 Å². The molecule has 1 saturated heterocycles. The van der Waals surface area contributed by atoms with E-state index >= 15 is 0 Å². The zero-order valence-electron chi connectivity index (χ0n) is 11.6. The third-order valence-electron chi connectivity index (χ3n) is 3.24. The molecule has 10 heteroatoms. The molecule has 1 aromatic carbocycles. The van der Waals surface area contributed by atoms with E-state index in [4.69, 9.17) is 0 Å². The molecule has 2 rings (SSSR count). The number of carbonyl (C=O) groups excluding carboxylic acids is 1. The standard InChI is InChI=1S/C13H12F6N2O.ClH/c14-12(15,16)9-5-8(6-10(7-9)13(17,18)19)11(22)21-3-1-20-2-4-21;/h5-7,20H,1-4H2;1H. The molecule has 1 heterocycles. The lowest BCUT2D eigenvalue weighted by molar-refractivity contribution is -0.143. The van der Waals surface area contributed by atoms with Crippen molar-refractivity contribution in [2.24, 2.45) is 0 Å². The SMILES string of the molecule is Cl.O=C(c1cc(C(F)(F)F)cc(C(F)(F)F)c1)N1CCNCC1. The Morgan fingerprint density at radius 1 is 0.913 bits per heavy atom. The van der Waals surface area contributed by atoms with Crippen LogP contribution in [0.1, 0.15) is 21.5 Å². The molecule has 1 amide bonds. The van der Waals surface area contributed by atoms with E-state index in [1.165, 1.54) is 4.90 Å². The molecule has 1 aliphatic rings. The maximum absolute atomic E-state index is 12.7. The number of hydrogen-bond acceptors (Lipinski definition) is 2. The number of rotatable bonds is 1. The minimum absolute atomic E-state index is 0. The van der Waals surface area contributed by atoms with Gasteiger partial charge in [-0.3, -0.25) is 4.79 Å². The van der Waals surface area contributed by atoms with Gasteiger partial charge in [0.25, 0.3) is 5.91 Å². The lowest BCUT2D eigenvalue weighted by Gasteiger charge is -2.28. The quantitative estimate of drug-likeness (QED) is 0.778. The second kappa shape index (κ2) is 6.96. The van der Waals surface area contributed by atoms with Crippen LogP contribution in [-0.2, 0) is 12.4 Å². The summed E-state index contributed by atoms with van der Waals surface area (Å²) in [7, 11) is 0. The smallest absolute Gasteiger partial charge is 0.336 e. The van der Waals surface area contributed by atoms with E-state index < -0.39 is 35.0 Å². The molecule has 1 fully saturated rings. The number of carbonyl (C=O) groups is 1. The van der Waals surface area contributed by atoms with Gasteiger partial charge in [-0.2, -0.15) is 26.3 Å². The van der Waals surface area contributed by atoms with Crippen molar-refractivity contribution in [3.63, 3.8) is 0 Å². The molecule has 1 aliphatic heterocycles. The molecule has 0 aromatic heterocycles. The van der Waals surface area contributed by atoms with Crippen molar-refractivity contribution in [3.05, 3.63) is 34.9 Å². The fourth-order valence-corrected chi connectivity index (χ4v) is 2.13. The van der Waals surface area contributed by atoms with Crippen molar-refractivity contribution in [1.82, 2.24) is 10.2 Å². The molecule has 23 heavy (non-hydrogen) atoms. The average Bonchev–Trinajstić information content (AvgIpc) is 2.45. The number of piperazine rings is 1. The Hall–Kier alpha value is -1.48. The summed E-state index contributed by atoms with van der Waals surface area (Å²) in [6.07, 6.45) is -9.92. The molecule has 1 N–H and O–H groups in total. The highest BCUT2D eigenvalue weighted by molar-refractivity contribution is 5.94. The van der Waals surface area contributed by atoms with Gasteiger partial charge in [0.05, 0.1) is 11.1 Å². The van der Waals surface area contributed by atoms with Gasteiger partial charge in [0.2, 0.25) is 0 Å². The first kappa shape index (κ1) is 19.6. The van der Waals surface area contributed by atoms with Gasteiger partial charge >= 0.3 is 12.4 Å². The second-order valence-electron chi connectivity index (χ2n) is 4.84. The van der Waals surface area contributed by atoms with Crippen molar-refractivity contribution in [3.8, 4) is 0 Å². The molecule has 0 saturated carbocycles. The lowest BCUT2D eigenvalue weighted by atomic mass is 10.0. The topological polar surface area (TPSA) is 32.3 Å². The van der Waals surface area contributed by atoms with Gasteiger partial charge in [-0.1, -0.05) is 0 Å². The number of benzene rings is 1. The minimum Gasteiger partial charge on any atom is -0.336 e. The van der Waals surface area contributed by atoms with E-state index in [0.717, 1.165) is 0 Å². The Morgan fingerprint density at radius 2 is 1.35 bits per heavy atom. The summed E-state index contributed by atoms with van der Waals surface area (Å²) in [4.78, 5) is 13.3. The monoisotopic (exact) mass is 362 g/mol. The van der Waals surface area contributed by atoms with Gasteiger partial charge in [-0.15, -0.1) is 12.4 Å². The Labute approximate surface area is 134 Å². The Bertz CT molecular complexity index is 534. The molecule has 0 spiro atoms. The van der Waals surface area contributed by atoms with Crippen LogP contribution < -0.4 is 5.32 Å². The summed E-state index contributed by atoms with van der Waals surface area (Å²) < 4.78 is 76.4. The third-order valence-corrected chi connectivity index (χ3v) is 3.24. The number of nitrogens with one attached hydrogen (secondary N) is 1. The van der Waals surface area contributed by atoms with Crippen LogP contribution >= 0.6 is 12.4 Å². The van der Waals surface area contributed by atoms with Gasteiger partial charge < -0.3 is 10.2 Å². The van der Waals surface area contributed by atoms with E-state index in [1.807, 2.05) is 0 Å². The highest BCUT2D eigenvalue weighted by Crippen LogP contribution is 2.36. The fourth-order valence-electron chi connectivity index (χ4n) is 2.13. The number of hydrogen-bond donors (Lipinski definition) is 1. The largest absolute Gasteiger partial charge is 0.416 e. The van der Waals surface area contributed by atoms with Crippen LogP contribution in [0.5, 0.6) is 0 Å². The first-order chi connectivity index (χ1) is 10.1. The van der Waals surface area contributed by atoms with Crippen LogP contribution in [-0.4, -0.2) is 37.0 Å². The molecule has 130 valence electrons. The van der Waals surface area contributed by atoms with Gasteiger partial charge in [-0.25, -0.2) is 0 Å². The van der Waals surface area contributed by atoms with Gasteiger partial charge in [0, 0.05) is 31.7 Å². The van der Waals surface area contributed by atoms with E-state index in [2.05, 4.69) is 5.32 Å². The van der Waals surface area contributed by atoms with E-state index in [9.17, 15) is 31.1 Å². The fraction of sp³-hybridized carbons (Fsp3) is 0.462. The van der Waals surface area contributed by atoms with Crippen LogP contribution in [0, 0.1) is 0 Å². The third kappa shape index (κ3) is 4.74. The maximum Gasteiger partial charge on any atom is 0.416 e. The number of nitrogens with zero attached hydrogens (tertiary/aromatic N) is 1. The predicted molar refractivity (Wildman–Crippen MR) is 72.5 cm³/mol. The molecular weight excluding hydrogens is 350 g/mol. The summed E-state index contributed by atoms with van der Waals surface area (Å²) in [5.41, 5.74) is -3.58. The zero-order chi connectivity index (χ0) is 16.5. The molecular formula is C13H13ClF6N2O. The van der Waals surface area contributed by atoms with Crippen molar-refractivity contribution in [2.75, 3.05) is 26.2 Å². The molecule has 0 unspecified atom stereocenters. The molecule has 0 atom stereocenters. The first-order valence-electron chi connectivity index (χ1n) is 6.38. The Kier molecular flexibility index (Phi) is 5.92. The van der Waals surface area contributed by atoms with Crippen molar-refractivity contribution in [2.45, 2.75) is 12.4 Å². The average molecular weight is 363 g/mol. The Balaban J connectivity index is 0.00000264. The highest BCUT2D eigenvalue weighted by atomic mass is 35.5. The molecule has 3 nitrogen and oxygen atoms in total. The summed E-state index contributed by atoms with van der Waals surface area (Å²) in [6, 6.07) is 0.924. The first-order valence-corrected chi connectivity index (χ1v) is 6.38. The molecule has 1 aromatic rings. The molecule has 0 bridgehead atoms. The predicted octanol–water partition coefficient (Wildman–Crippen LogP) is 3.19. The zero-order valence-corrected chi connectivity index (χ0v) is 12.4. The lowest BCUT2D eigenvalue weighted by Crippen LogP contribution is -2.46. The summed E-state index contributed by atoms with van der Waals surface area (Å²) >= 11 is 0. The van der Waals surface area contributed by atoms with Gasteiger partial charge in [0.1, 0.15) is 0 Å². The minimum atomic E-state index is -4.96. The molecule has 0 aliphatic carbocycles. The second-order valence-corrected chi connectivity index (χ2v) is 4.84. The van der Waals surface area contributed by atoms with Gasteiger partial charge in [0.15, 0.2) is 0 Å². The van der Waals surface area contributed by atoms with Crippen molar-refractivity contribution >= 4 is 18.3 Å². The molecule has 0 radical (unpaired) electrons. The number of amides is 1. The van der Waals surface area contributed by atoms with Crippen molar-refractivity contribution in [1.29, 1.82) is 0 Å². The van der Waals surface area contributed by atoms with Crippen molar-refractivity contribution < 1.29 is 31.1 Å². The Morgan fingerprint density at radius 3 is 1.74 bits per heavy atom. The summed E-state index contributed by atoms with van der Waals surface area (Å²) in [6.45, 7) is 1.35. The van der Waals surface area contributed by atoms with Crippen LogP contribution in [0.25, 0.3) is 0 Å².